The minimum atomic E-state index is 0.278. The van der Waals surface area contributed by atoms with Gasteiger partial charge in [0.25, 0.3) is 0 Å². The van der Waals surface area contributed by atoms with Gasteiger partial charge in [0.1, 0.15) is 0 Å². The zero-order valence-electron chi connectivity index (χ0n) is 7.55. The third kappa shape index (κ3) is 2.13. The molecule has 0 bridgehead atoms. The number of rotatable bonds is 3. The molecule has 0 unspecified atom stereocenters. The van der Waals surface area contributed by atoms with E-state index < -0.39 is 0 Å². The second-order valence-electron chi connectivity index (χ2n) is 3.29. The average Bonchev–Trinajstić information content (AvgIpc) is 2.51. The van der Waals surface area contributed by atoms with Gasteiger partial charge in [-0.3, -0.25) is 4.79 Å². The van der Waals surface area contributed by atoms with Crippen LogP contribution in [0.2, 0.25) is 0 Å². The van der Waals surface area contributed by atoms with E-state index in [0.29, 0.717) is 18.3 Å². The Bertz CT molecular complexity index is 161. The van der Waals surface area contributed by atoms with Crippen LogP contribution >= 0.6 is 11.6 Å². The Morgan fingerprint density at radius 1 is 1.67 bits per heavy atom. The van der Waals surface area contributed by atoms with E-state index >= 15 is 0 Å². The molecule has 1 amide bonds. The molecule has 2 nitrogen and oxygen atoms in total. The molecule has 0 N–H and O–H groups in total. The second kappa shape index (κ2) is 4.70. The molecule has 0 aromatic rings. The highest BCUT2D eigenvalue weighted by atomic mass is 35.5. The summed E-state index contributed by atoms with van der Waals surface area (Å²) in [4.78, 5) is 13.4. The summed E-state index contributed by atoms with van der Waals surface area (Å²) in [6, 6.07) is 0.311. The molecular formula is C9H16ClNO. The smallest absolute Gasteiger partial charge is 0.222 e. The monoisotopic (exact) mass is 189 g/mol. The van der Waals surface area contributed by atoms with Crippen molar-refractivity contribution in [1.82, 2.24) is 4.90 Å². The number of nitrogens with zero attached hydrogens (tertiary/aromatic N) is 1. The van der Waals surface area contributed by atoms with Crippen molar-refractivity contribution in [2.75, 3.05) is 12.4 Å². The predicted molar refractivity (Wildman–Crippen MR) is 50.4 cm³/mol. The van der Waals surface area contributed by atoms with Gasteiger partial charge in [-0.05, 0) is 19.3 Å². The molecule has 1 fully saturated rings. The van der Waals surface area contributed by atoms with Gasteiger partial charge >= 0.3 is 0 Å². The maximum atomic E-state index is 11.5. The fourth-order valence-electron chi connectivity index (χ4n) is 1.68. The van der Waals surface area contributed by atoms with Crippen LogP contribution in [0.25, 0.3) is 0 Å². The van der Waals surface area contributed by atoms with E-state index in [9.17, 15) is 4.79 Å². The second-order valence-corrected chi connectivity index (χ2v) is 3.60. The summed E-state index contributed by atoms with van der Waals surface area (Å²) >= 11 is 5.75. The van der Waals surface area contributed by atoms with E-state index in [1.807, 2.05) is 11.8 Å². The minimum absolute atomic E-state index is 0.278. The van der Waals surface area contributed by atoms with Crippen molar-refractivity contribution in [3.05, 3.63) is 0 Å². The first-order valence-corrected chi connectivity index (χ1v) is 5.18. The molecule has 1 aliphatic heterocycles. The summed E-state index contributed by atoms with van der Waals surface area (Å²) in [6.07, 6.45) is 3.81. The van der Waals surface area contributed by atoms with Crippen molar-refractivity contribution < 1.29 is 4.79 Å². The fraction of sp³-hybridized carbons (Fsp3) is 0.889. The fourth-order valence-corrected chi connectivity index (χ4v) is 2.00. The molecule has 0 aliphatic carbocycles. The SMILES string of the molecule is CCCC(=O)N1CCC[C@H]1CCl. The number of hydrogen-bond acceptors (Lipinski definition) is 1. The Hall–Kier alpha value is -0.240. The highest BCUT2D eigenvalue weighted by Crippen LogP contribution is 2.19. The normalized spacial score (nSPS) is 23.2. The molecule has 70 valence electrons. The number of likely N-dealkylation sites (tertiary alicyclic amines) is 1. The largest absolute Gasteiger partial charge is 0.339 e. The molecule has 0 spiro atoms. The Kier molecular flexibility index (Phi) is 3.86. The number of halogens is 1. The van der Waals surface area contributed by atoms with Crippen LogP contribution in [-0.2, 0) is 4.79 Å². The van der Waals surface area contributed by atoms with E-state index in [1.165, 1.54) is 0 Å². The van der Waals surface area contributed by atoms with Gasteiger partial charge in [-0.1, -0.05) is 6.92 Å². The van der Waals surface area contributed by atoms with Crippen molar-refractivity contribution in [2.24, 2.45) is 0 Å². The van der Waals surface area contributed by atoms with Crippen LogP contribution in [0.15, 0.2) is 0 Å². The molecule has 1 rings (SSSR count). The maximum Gasteiger partial charge on any atom is 0.222 e. The summed E-state index contributed by atoms with van der Waals surface area (Å²) in [5.41, 5.74) is 0. The lowest BCUT2D eigenvalue weighted by molar-refractivity contribution is -0.131. The lowest BCUT2D eigenvalue weighted by Gasteiger charge is -2.22. The molecule has 0 saturated carbocycles. The van der Waals surface area contributed by atoms with Crippen molar-refractivity contribution in [3.8, 4) is 0 Å². The average molecular weight is 190 g/mol. The van der Waals surface area contributed by atoms with Crippen LogP contribution < -0.4 is 0 Å². The molecule has 1 aliphatic rings. The number of alkyl halides is 1. The molecule has 3 heteroatoms. The topological polar surface area (TPSA) is 20.3 Å². The molecular weight excluding hydrogens is 174 g/mol. The lowest BCUT2D eigenvalue weighted by atomic mass is 10.2. The Morgan fingerprint density at radius 3 is 3.00 bits per heavy atom. The Labute approximate surface area is 78.9 Å². The summed E-state index contributed by atoms with van der Waals surface area (Å²) in [6.45, 7) is 2.94. The van der Waals surface area contributed by atoms with Crippen molar-refractivity contribution in [3.63, 3.8) is 0 Å². The number of amides is 1. The van der Waals surface area contributed by atoms with Crippen molar-refractivity contribution >= 4 is 17.5 Å². The van der Waals surface area contributed by atoms with Crippen molar-refractivity contribution in [2.45, 2.75) is 38.6 Å². The van der Waals surface area contributed by atoms with E-state index in [2.05, 4.69) is 0 Å². The van der Waals surface area contributed by atoms with E-state index in [4.69, 9.17) is 11.6 Å². The van der Waals surface area contributed by atoms with Crippen LogP contribution in [0.1, 0.15) is 32.6 Å². The number of carbonyl (C=O) groups excluding carboxylic acids is 1. The zero-order chi connectivity index (χ0) is 8.97. The van der Waals surface area contributed by atoms with Gasteiger partial charge in [0, 0.05) is 24.9 Å². The molecule has 1 atom stereocenters. The lowest BCUT2D eigenvalue weighted by Crippen LogP contribution is -2.36. The van der Waals surface area contributed by atoms with Crippen LogP contribution in [-0.4, -0.2) is 29.3 Å². The Balaban J connectivity index is 2.43. The third-order valence-electron chi connectivity index (χ3n) is 2.34. The first-order chi connectivity index (χ1) is 5.79. The summed E-state index contributed by atoms with van der Waals surface area (Å²) in [7, 11) is 0. The third-order valence-corrected chi connectivity index (χ3v) is 2.70. The van der Waals surface area contributed by atoms with Crippen molar-refractivity contribution in [1.29, 1.82) is 0 Å². The van der Waals surface area contributed by atoms with Crippen LogP contribution in [0.4, 0.5) is 0 Å². The van der Waals surface area contributed by atoms with Gasteiger partial charge in [-0.15, -0.1) is 11.6 Å². The van der Waals surface area contributed by atoms with E-state index in [1.54, 1.807) is 0 Å². The number of hydrogen-bond donors (Lipinski definition) is 0. The first-order valence-electron chi connectivity index (χ1n) is 4.65. The van der Waals surface area contributed by atoms with Gasteiger partial charge < -0.3 is 4.90 Å². The zero-order valence-corrected chi connectivity index (χ0v) is 8.31. The summed E-state index contributed by atoms with van der Waals surface area (Å²) in [5, 5.41) is 0. The minimum Gasteiger partial charge on any atom is -0.339 e. The van der Waals surface area contributed by atoms with Crippen LogP contribution in [0.5, 0.6) is 0 Å². The molecule has 0 aromatic heterocycles. The Morgan fingerprint density at radius 2 is 2.42 bits per heavy atom. The van der Waals surface area contributed by atoms with E-state index in [-0.39, 0.29) is 5.91 Å². The van der Waals surface area contributed by atoms with Gasteiger partial charge in [-0.25, -0.2) is 0 Å². The first kappa shape index (κ1) is 9.85. The van der Waals surface area contributed by atoms with Crippen LogP contribution in [0.3, 0.4) is 0 Å². The van der Waals surface area contributed by atoms with Gasteiger partial charge in [0.2, 0.25) is 5.91 Å². The molecule has 12 heavy (non-hydrogen) atoms. The molecule has 1 heterocycles. The molecule has 0 aromatic carbocycles. The van der Waals surface area contributed by atoms with Gasteiger partial charge in [0.05, 0.1) is 0 Å². The standard InChI is InChI=1S/C9H16ClNO/c1-2-4-9(12)11-6-3-5-8(11)7-10/h8H,2-7H2,1H3/t8-/m0/s1. The quantitative estimate of drug-likeness (QED) is 0.623. The molecule has 1 saturated heterocycles. The summed E-state index contributed by atoms with van der Waals surface area (Å²) < 4.78 is 0. The molecule has 0 radical (unpaired) electrons. The van der Waals surface area contributed by atoms with Gasteiger partial charge in [0.15, 0.2) is 0 Å². The highest BCUT2D eigenvalue weighted by Gasteiger charge is 2.26. The number of carbonyl (C=O) groups is 1. The van der Waals surface area contributed by atoms with Crippen LogP contribution in [0, 0.1) is 0 Å². The predicted octanol–water partition coefficient (Wildman–Crippen LogP) is 2.02. The maximum absolute atomic E-state index is 11.5. The van der Waals surface area contributed by atoms with Gasteiger partial charge in [-0.2, -0.15) is 0 Å². The summed E-state index contributed by atoms with van der Waals surface area (Å²) in [5.74, 6) is 0.871. The van der Waals surface area contributed by atoms with E-state index in [0.717, 1.165) is 25.8 Å². The highest BCUT2D eigenvalue weighted by molar-refractivity contribution is 6.18.